The molecule has 0 aliphatic rings. The van der Waals surface area contributed by atoms with Gasteiger partial charge in [0.05, 0.1) is 10.6 Å². The number of carbonyl (C=O) groups excluding carboxylic acids is 1. The largest absolute Gasteiger partial charge is 0.292 e. The molecule has 1 aromatic heterocycles. The molecule has 3 heteroatoms. The quantitative estimate of drug-likeness (QED) is 0.722. The van der Waals surface area contributed by atoms with Gasteiger partial charge in [-0.25, -0.2) is 4.98 Å². The fraction of sp³-hybridized carbons (Fsp3) is 0.167. The predicted octanol–water partition coefficient (Wildman–Crippen LogP) is 3.32. The first kappa shape index (κ1) is 10.1. The minimum absolute atomic E-state index is 0.0327. The van der Waals surface area contributed by atoms with E-state index in [1.54, 1.807) is 6.92 Å². The van der Waals surface area contributed by atoms with Gasteiger partial charge in [0.1, 0.15) is 0 Å². The minimum Gasteiger partial charge on any atom is -0.292 e. The summed E-state index contributed by atoms with van der Waals surface area (Å²) in [4.78, 5) is 16.5. The molecule has 0 aliphatic heterocycles. The van der Waals surface area contributed by atoms with Crippen LogP contribution in [0.4, 0.5) is 0 Å². The second-order valence-corrected chi connectivity index (χ2v) is 4.35. The van der Waals surface area contributed by atoms with Crippen LogP contribution in [0.1, 0.15) is 22.4 Å². The summed E-state index contributed by atoms with van der Waals surface area (Å²) >= 11 is 1.46. The van der Waals surface area contributed by atoms with Gasteiger partial charge in [-0.2, -0.15) is 0 Å². The van der Waals surface area contributed by atoms with E-state index in [9.17, 15) is 4.79 Å². The molecule has 2 nitrogen and oxygen atoms in total. The zero-order chi connectivity index (χ0) is 10.8. The highest BCUT2D eigenvalue weighted by Crippen LogP contribution is 2.29. The Balaban J connectivity index is 2.50. The number of Topliss-reactive ketones (excluding diaryl/α,β-unsaturated/α-hetero) is 1. The van der Waals surface area contributed by atoms with Crippen LogP contribution in [-0.4, -0.2) is 10.8 Å². The normalized spacial score (nSPS) is 10.3. The Morgan fingerprint density at radius 3 is 2.47 bits per heavy atom. The highest BCUT2D eigenvalue weighted by atomic mass is 32.1. The van der Waals surface area contributed by atoms with Crippen molar-refractivity contribution in [2.24, 2.45) is 0 Å². The number of aryl methyl sites for hydroxylation is 1. The number of rotatable bonds is 2. The van der Waals surface area contributed by atoms with Crippen molar-refractivity contribution in [3.05, 3.63) is 41.0 Å². The maximum absolute atomic E-state index is 11.2. The average molecular weight is 217 g/mol. The van der Waals surface area contributed by atoms with Gasteiger partial charge in [0.25, 0.3) is 0 Å². The number of ketones is 1. The Kier molecular flexibility index (Phi) is 2.64. The molecule has 0 radical (unpaired) electrons. The van der Waals surface area contributed by atoms with Crippen LogP contribution >= 0.6 is 11.3 Å². The molecule has 0 amide bonds. The van der Waals surface area contributed by atoms with Gasteiger partial charge in [-0.15, -0.1) is 11.3 Å². The summed E-state index contributed by atoms with van der Waals surface area (Å²) in [5.74, 6) is 0.0327. The smallest absolute Gasteiger partial charge is 0.188 e. The van der Waals surface area contributed by atoms with Gasteiger partial charge < -0.3 is 0 Å². The lowest BCUT2D eigenvalue weighted by Crippen LogP contribution is -1.88. The van der Waals surface area contributed by atoms with Crippen LogP contribution in [0, 0.1) is 6.92 Å². The number of benzene rings is 1. The van der Waals surface area contributed by atoms with E-state index in [0.29, 0.717) is 5.01 Å². The number of carbonyl (C=O) groups is 1. The van der Waals surface area contributed by atoms with Gasteiger partial charge in [-0.05, 0) is 12.5 Å². The molecule has 0 bridgehead atoms. The number of thiazole rings is 1. The number of aromatic nitrogens is 1. The van der Waals surface area contributed by atoms with Crippen molar-refractivity contribution >= 4 is 17.1 Å². The topological polar surface area (TPSA) is 30.0 Å². The van der Waals surface area contributed by atoms with Gasteiger partial charge in [0, 0.05) is 6.92 Å². The zero-order valence-corrected chi connectivity index (χ0v) is 9.47. The molecule has 0 saturated heterocycles. The summed E-state index contributed by atoms with van der Waals surface area (Å²) in [6.45, 7) is 3.48. The van der Waals surface area contributed by atoms with Crippen molar-refractivity contribution < 1.29 is 4.79 Å². The van der Waals surface area contributed by atoms with Crippen molar-refractivity contribution in [1.82, 2.24) is 4.98 Å². The molecule has 0 aliphatic carbocycles. The lowest BCUT2D eigenvalue weighted by atomic mass is 10.2. The monoisotopic (exact) mass is 217 g/mol. The summed E-state index contributed by atoms with van der Waals surface area (Å²) < 4.78 is 0. The lowest BCUT2D eigenvalue weighted by Gasteiger charge is -1.96. The molecule has 0 N–H and O–H groups in total. The van der Waals surface area contributed by atoms with E-state index in [2.05, 4.69) is 4.98 Å². The Morgan fingerprint density at radius 1 is 1.27 bits per heavy atom. The standard InChI is InChI=1S/C12H11NOS/c1-8-11(10-6-4-3-5-7-10)15-12(13-8)9(2)14/h3-7H,1-2H3. The predicted molar refractivity (Wildman–Crippen MR) is 62.3 cm³/mol. The zero-order valence-electron chi connectivity index (χ0n) is 8.65. The molecule has 1 aromatic carbocycles. The first-order valence-electron chi connectivity index (χ1n) is 4.72. The molecule has 2 aromatic rings. The molecule has 0 fully saturated rings. The van der Waals surface area contributed by atoms with Gasteiger partial charge >= 0.3 is 0 Å². The second kappa shape index (κ2) is 3.95. The number of nitrogens with zero attached hydrogens (tertiary/aromatic N) is 1. The van der Waals surface area contributed by atoms with Gasteiger partial charge in [-0.3, -0.25) is 4.79 Å². The van der Waals surface area contributed by atoms with E-state index >= 15 is 0 Å². The van der Waals surface area contributed by atoms with E-state index in [1.165, 1.54) is 11.3 Å². The highest BCUT2D eigenvalue weighted by molar-refractivity contribution is 7.17. The minimum atomic E-state index is 0.0327. The van der Waals surface area contributed by atoms with Crippen LogP contribution < -0.4 is 0 Å². The third-order valence-electron chi connectivity index (χ3n) is 2.13. The second-order valence-electron chi connectivity index (χ2n) is 3.36. The Morgan fingerprint density at radius 2 is 1.93 bits per heavy atom. The highest BCUT2D eigenvalue weighted by Gasteiger charge is 2.11. The van der Waals surface area contributed by atoms with Crippen LogP contribution in [0.5, 0.6) is 0 Å². The van der Waals surface area contributed by atoms with Gasteiger partial charge in [0.2, 0.25) is 0 Å². The maximum Gasteiger partial charge on any atom is 0.188 e. The summed E-state index contributed by atoms with van der Waals surface area (Å²) in [6.07, 6.45) is 0. The third-order valence-corrected chi connectivity index (χ3v) is 3.44. The molecule has 76 valence electrons. The SMILES string of the molecule is CC(=O)c1nc(C)c(-c2ccccc2)s1. The molecule has 1 heterocycles. The number of hydrogen-bond donors (Lipinski definition) is 0. The first-order valence-corrected chi connectivity index (χ1v) is 5.54. The van der Waals surface area contributed by atoms with Crippen LogP contribution in [0.25, 0.3) is 10.4 Å². The molecule has 0 unspecified atom stereocenters. The van der Waals surface area contributed by atoms with Crippen molar-refractivity contribution in [2.75, 3.05) is 0 Å². The Bertz CT molecular complexity index is 488. The van der Waals surface area contributed by atoms with Crippen LogP contribution in [0.15, 0.2) is 30.3 Å². The van der Waals surface area contributed by atoms with Crippen molar-refractivity contribution in [2.45, 2.75) is 13.8 Å². The van der Waals surface area contributed by atoms with Crippen molar-refractivity contribution in [3.8, 4) is 10.4 Å². The fourth-order valence-corrected chi connectivity index (χ4v) is 2.37. The van der Waals surface area contributed by atoms with Crippen molar-refractivity contribution in [1.29, 1.82) is 0 Å². The Hall–Kier alpha value is -1.48. The van der Waals surface area contributed by atoms with E-state index in [1.807, 2.05) is 37.3 Å². The van der Waals surface area contributed by atoms with Gasteiger partial charge in [-0.1, -0.05) is 30.3 Å². The van der Waals surface area contributed by atoms with E-state index in [4.69, 9.17) is 0 Å². The molecule has 0 atom stereocenters. The molecular weight excluding hydrogens is 206 g/mol. The number of hydrogen-bond acceptors (Lipinski definition) is 3. The van der Waals surface area contributed by atoms with Crippen LogP contribution in [0.3, 0.4) is 0 Å². The first-order chi connectivity index (χ1) is 7.18. The summed E-state index contributed by atoms with van der Waals surface area (Å²) in [5, 5.41) is 0.589. The molecule has 0 saturated carbocycles. The van der Waals surface area contributed by atoms with E-state index < -0.39 is 0 Å². The molecular formula is C12H11NOS. The van der Waals surface area contributed by atoms with Crippen LogP contribution in [0.2, 0.25) is 0 Å². The van der Waals surface area contributed by atoms with Crippen molar-refractivity contribution in [3.63, 3.8) is 0 Å². The summed E-state index contributed by atoms with van der Waals surface area (Å²) in [6, 6.07) is 10.0. The lowest BCUT2D eigenvalue weighted by molar-refractivity contribution is 0.101. The Labute approximate surface area is 92.6 Å². The van der Waals surface area contributed by atoms with E-state index in [0.717, 1.165) is 16.1 Å². The average Bonchev–Trinajstić information content (AvgIpc) is 2.62. The summed E-state index contributed by atoms with van der Waals surface area (Å²) in [5.41, 5.74) is 2.05. The maximum atomic E-state index is 11.2. The fourth-order valence-electron chi connectivity index (χ4n) is 1.40. The molecule has 15 heavy (non-hydrogen) atoms. The van der Waals surface area contributed by atoms with Gasteiger partial charge in [0.15, 0.2) is 10.8 Å². The summed E-state index contributed by atoms with van der Waals surface area (Å²) in [7, 11) is 0. The van der Waals surface area contributed by atoms with E-state index in [-0.39, 0.29) is 5.78 Å². The third kappa shape index (κ3) is 1.97. The molecule has 2 rings (SSSR count). The molecule has 0 spiro atoms. The van der Waals surface area contributed by atoms with Crippen LogP contribution in [-0.2, 0) is 0 Å².